The molecule has 0 aliphatic rings. The van der Waals surface area contributed by atoms with Gasteiger partial charge in [0.1, 0.15) is 0 Å². The van der Waals surface area contributed by atoms with Crippen LogP contribution < -0.4 is 15.6 Å². The molecule has 6 nitrogen and oxygen atoms in total. The van der Waals surface area contributed by atoms with E-state index in [0.29, 0.717) is 29.5 Å². The van der Waals surface area contributed by atoms with Crippen molar-refractivity contribution in [3.8, 4) is 0 Å². The van der Waals surface area contributed by atoms with Crippen LogP contribution in [-0.4, -0.2) is 39.7 Å². The van der Waals surface area contributed by atoms with Gasteiger partial charge in [-0.05, 0) is 6.07 Å². The van der Waals surface area contributed by atoms with Crippen molar-refractivity contribution in [3.05, 3.63) is 34.6 Å². The van der Waals surface area contributed by atoms with Gasteiger partial charge in [0.05, 0.1) is 11.5 Å². The molecule has 0 saturated heterocycles. The number of aliphatic hydroxyl groups is 1. The van der Waals surface area contributed by atoms with Gasteiger partial charge in [0.25, 0.3) is 5.56 Å². The monoisotopic (exact) mass is 308 g/mol. The summed E-state index contributed by atoms with van der Waals surface area (Å²) in [7, 11) is 0. The number of aliphatic hydroxyl groups excluding tert-OH is 1. The highest BCUT2D eigenvalue weighted by Crippen LogP contribution is 2.16. The molecule has 7 heteroatoms. The first-order chi connectivity index (χ1) is 10.1. The van der Waals surface area contributed by atoms with Crippen LogP contribution in [0.2, 0.25) is 0 Å². The largest absolute Gasteiger partial charge is 0.390 e. The summed E-state index contributed by atoms with van der Waals surface area (Å²) in [5.41, 5.74) is -0.216. The summed E-state index contributed by atoms with van der Waals surface area (Å²) in [6.07, 6.45) is -0.538. The summed E-state index contributed by atoms with van der Waals surface area (Å²) in [4.78, 5) is 11.7. The van der Waals surface area contributed by atoms with Gasteiger partial charge >= 0.3 is 0 Å². The minimum Gasteiger partial charge on any atom is -0.390 e. The molecule has 1 atom stereocenters. The van der Waals surface area contributed by atoms with Crippen LogP contribution in [0.4, 0.5) is 5.82 Å². The quantitative estimate of drug-likeness (QED) is 0.577. The third-order valence-corrected chi connectivity index (χ3v) is 3.64. The number of benzene rings is 1. The summed E-state index contributed by atoms with van der Waals surface area (Å²) in [6, 6.07) is 7.24. The predicted octanol–water partition coefficient (Wildman–Crippen LogP) is 1.34. The molecule has 0 bridgehead atoms. The van der Waals surface area contributed by atoms with Gasteiger partial charge in [0.15, 0.2) is 5.82 Å². The van der Waals surface area contributed by atoms with E-state index < -0.39 is 6.10 Å². The zero-order chi connectivity index (χ0) is 15.2. The zero-order valence-corrected chi connectivity index (χ0v) is 12.9. The first kappa shape index (κ1) is 15.8. The molecular weight excluding hydrogens is 288 g/mol. The van der Waals surface area contributed by atoms with Crippen LogP contribution >= 0.6 is 11.9 Å². The van der Waals surface area contributed by atoms with Gasteiger partial charge in [0, 0.05) is 23.7 Å². The van der Waals surface area contributed by atoms with Crippen LogP contribution in [-0.2, 0) is 0 Å². The maximum atomic E-state index is 11.7. The minimum atomic E-state index is -0.538. The van der Waals surface area contributed by atoms with Crippen molar-refractivity contribution < 1.29 is 5.11 Å². The topological polar surface area (TPSA) is 90.0 Å². The fourth-order valence-electron chi connectivity index (χ4n) is 1.85. The number of fused-ring (bicyclic) bond motifs is 1. The summed E-state index contributed by atoms with van der Waals surface area (Å²) in [5, 5.41) is 21.2. The molecule has 1 aromatic heterocycles. The van der Waals surface area contributed by atoms with Gasteiger partial charge in [-0.2, -0.15) is 5.10 Å². The van der Waals surface area contributed by atoms with Crippen molar-refractivity contribution in [3.63, 3.8) is 0 Å². The molecule has 0 saturated carbocycles. The van der Waals surface area contributed by atoms with Gasteiger partial charge < -0.3 is 10.4 Å². The van der Waals surface area contributed by atoms with Crippen molar-refractivity contribution in [2.45, 2.75) is 25.2 Å². The van der Waals surface area contributed by atoms with Crippen molar-refractivity contribution in [2.24, 2.45) is 0 Å². The Balaban J connectivity index is 1.98. The normalized spacial score (nSPS) is 12.8. The molecule has 1 heterocycles. The van der Waals surface area contributed by atoms with Crippen LogP contribution in [0.1, 0.15) is 13.8 Å². The van der Waals surface area contributed by atoms with Gasteiger partial charge in [-0.1, -0.05) is 44.0 Å². The average Bonchev–Trinajstić information content (AvgIpc) is 2.46. The maximum Gasteiger partial charge on any atom is 0.272 e. The second kappa shape index (κ2) is 7.44. The Kier molecular flexibility index (Phi) is 5.60. The molecule has 0 amide bonds. The number of H-pyrrole nitrogens is 1. The van der Waals surface area contributed by atoms with Crippen LogP contribution in [0, 0.1) is 0 Å². The lowest BCUT2D eigenvalue weighted by atomic mass is 10.2. The van der Waals surface area contributed by atoms with Crippen LogP contribution in [0.3, 0.4) is 0 Å². The minimum absolute atomic E-state index is 0.216. The van der Waals surface area contributed by atoms with E-state index in [-0.39, 0.29) is 5.56 Å². The summed E-state index contributed by atoms with van der Waals surface area (Å²) in [6.45, 7) is 5.00. The Hall–Kier alpha value is -1.57. The van der Waals surface area contributed by atoms with Crippen LogP contribution in [0.15, 0.2) is 29.1 Å². The Morgan fingerprint density at radius 3 is 2.71 bits per heavy atom. The highest BCUT2D eigenvalue weighted by atomic mass is 32.2. The molecule has 0 radical (unpaired) electrons. The Morgan fingerprint density at radius 1 is 1.29 bits per heavy atom. The van der Waals surface area contributed by atoms with Crippen LogP contribution in [0.25, 0.3) is 10.8 Å². The number of rotatable bonds is 7. The molecule has 0 aliphatic heterocycles. The molecule has 21 heavy (non-hydrogen) atoms. The van der Waals surface area contributed by atoms with Gasteiger partial charge in [0.2, 0.25) is 0 Å². The average molecular weight is 308 g/mol. The third-order valence-electron chi connectivity index (χ3n) is 2.84. The van der Waals surface area contributed by atoms with E-state index in [0.717, 1.165) is 5.39 Å². The van der Waals surface area contributed by atoms with E-state index in [2.05, 4.69) is 34.1 Å². The lowest BCUT2D eigenvalue weighted by molar-refractivity contribution is 0.192. The molecular formula is C14H20N4O2S. The van der Waals surface area contributed by atoms with E-state index in [1.807, 2.05) is 18.2 Å². The number of aromatic nitrogens is 2. The SMILES string of the molecule is CC(C)SNCC(O)CNc1n[nH]c(=O)c2ccccc12. The standard InChI is InChI=1S/C14H20N4O2S/c1-9(2)21-16-8-10(19)7-15-13-11-5-3-4-6-12(11)14(20)18-17-13/h3-6,9-10,16,19H,7-8H2,1-2H3,(H,15,17)(H,18,20). The molecule has 1 unspecified atom stereocenters. The lowest BCUT2D eigenvalue weighted by Crippen LogP contribution is -2.30. The smallest absolute Gasteiger partial charge is 0.272 e. The number of nitrogens with one attached hydrogen (secondary N) is 3. The second-order valence-electron chi connectivity index (χ2n) is 5.00. The van der Waals surface area contributed by atoms with E-state index in [9.17, 15) is 9.90 Å². The number of nitrogens with zero attached hydrogens (tertiary/aromatic N) is 1. The molecule has 0 fully saturated rings. The Morgan fingerprint density at radius 2 is 2.00 bits per heavy atom. The van der Waals surface area contributed by atoms with E-state index in [4.69, 9.17) is 0 Å². The fourth-order valence-corrected chi connectivity index (χ4v) is 2.47. The molecule has 0 spiro atoms. The molecule has 114 valence electrons. The predicted molar refractivity (Wildman–Crippen MR) is 87.6 cm³/mol. The van der Waals surface area contributed by atoms with Crippen molar-refractivity contribution >= 4 is 28.5 Å². The van der Waals surface area contributed by atoms with Crippen molar-refractivity contribution in [1.29, 1.82) is 0 Å². The van der Waals surface area contributed by atoms with Gasteiger partial charge in [-0.3, -0.25) is 9.52 Å². The van der Waals surface area contributed by atoms with Crippen molar-refractivity contribution in [1.82, 2.24) is 14.9 Å². The van der Waals surface area contributed by atoms with E-state index in [1.165, 1.54) is 0 Å². The van der Waals surface area contributed by atoms with E-state index in [1.54, 1.807) is 18.0 Å². The number of anilines is 1. The molecule has 2 rings (SSSR count). The summed E-state index contributed by atoms with van der Waals surface area (Å²) in [5.74, 6) is 0.570. The number of hydrogen-bond acceptors (Lipinski definition) is 6. The Bertz CT molecular complexity index is 644. The highest BCUT2D eigenvalue weighted by Gasteiger charge is 2.08. The molecule has 4 N–H and O–H groups in total. The second-order valence-corrected chi connectivity index (χ2v) is 6.46. The lowest BCUT2D eigenvalue weighted by Gasteiger charge is -2.14. The summed E-state index contributed by atoms with van der Waals surface area (Å²) < 4.78 is 3.12. The molecule has 0 aliphatic carbocycles. The maximum absolute atomic E-state index is 11.7. The van der Waals surface area contributed by atoms with E-state index >= 15 is 0 Å². The zero-order valence-electron chi connectivity index (χ0n) is 12.1. The number of hydrogen-bond donors (Lipinski definition) is 4. The van der Waals surface area contributed by atoms with Crippen molar-refractivity contribution in [2.75, 3.05) is 18.4 Å². The third kappa shape index (κ3) is 4.45. The summed E-state index contributed by atoms with van der Waals surface area (Å²) >= 11 is 1.58. The van der Waals surface area contributed by atoms with Gasteiger partial charge in [-0.15, -0.1) is 0 Å². The van der Waals surface area contributed by atoms with Crippen LogP contribution in [0.5, 0.6) is 0 Å². The first-order valence-corrected chi connectivity index (χ1v) is 7.73. The highest BCUT2D eigenvalue weighted by molar-refractivity contribution is 7.97. The Labute approximate surface area is 127 Å². The first-order valence-electron chi connectivity index (χ1n) is 6.86. The van der Waals surface area contributed by atoms with Gasteiger partial charge in [-0.25, -0.2) is 5.10 Å². The fraction of sp³-hybridized carbons (Fsp3) is 0.429. The molecule has 2 aromatic rings. The number of aromatic amines is 1. The molecule has 1 aromatic carbocycles.